The average molecular weight is 285 g/mol. The molecule has 4 nitrogen and oxygen atoms in total. The maximum Gasteiger partial charge on any atom is 0.258 e. The molecule has 0 spiro atoms. The van der Waals surface area contributed by atoms with E-state index in [0.717, 1.165) is 25.0 Å². The van der Waals surface area contributed by atoms with E-state index in [0.29, 0.717) is 6.29 Å². The summed E-state index contributed by atoms with van der Waals surface area (Å²) < 4.78 is 31.8. The molecule has 1 N–H and O–H groups in total. The molecule has 0 heterocycles. The number of nitrogens with one attached hydrogen (secondary N) is 1. The van der Waals surface area contributed by atoms with Gasteiger partial charge in [0.05, 0.1) is 0 Å². The first-order valence-electron chi connectivity index (χ1n) is 6.34. The fourth-order valence-corrected chi connectivity index (χ4v) is 1.74. The van der Waals surface area contributed by atoms with E-state index in [1.54, 1.807) is 0 Å². The normalized spacial score (nSPS) is 11.8. The molecule has 0 aliphatic carbocycles. The number of halogens is 2. The van der Waals surface area contributed by atoms with Gasteiger partial charge in [0.15, 0.2) is 24.0 Å². The molecule has 110 valence electrons. The van der Waals surface area contributed by atoms with Crippen molar-refractivity contribution in [1.29, 1.82) is 0 Å². The summed E-state index contributed by atoms with van der Waals surface area (Å²) in [6, 6.07) is 1.68. The van der Waals surface area contributed by atoms with Crippen molar-refractivity contribution in [3.8, 4) is 5.75 Å². The molecule has 6 heteroatoms. The summed E-state index contributed by atoms with van der Waals surface area (Å²) in [5.74, 6) is -3.14. The standard InChI is InChI=1S/C14H17F2NO3/c1-3-4-9(2)17-13(19)8-20-14-11(15)5-10(7-18)6-12(14)16/h5-7,9H,3-4,8H2,1-2H3,(H,17,19). The van der Waals surface area contributed by atoms with Crippen LogP contribution in [0.1, 0.15) is 37.0 Å². The number of hydrogen-bond acceptors (Lipinski definition) is 3. The van der Waals surface area contributed by atoms with Crippen molar-refractivity contribution in [3.05, 3.63) is 29.3 Å². The molecular weight excluding hydrogens is 268 g/mol. The fraction of sp³-hybridized carbons (Fsp3) is 0.429. The molecule has 0 aliphatic heterocycles. The van der Waals surface area contributed by atoms with Gasteiger partial charge in [-0.3, -0.25) is 9.59 Å². The molecular formula is C14H17F2NO3. The van der Waals surface area contributed by atoms with E-state index in [-0.39, 0.29) is 11.6 Å². The van der Waals surface area contributed by atoms with Crippen LogP contribution in [-0.2, 0) is 4.79 Å². The summed E-state index contributed by atoms with van der Waals surface area (Å²) in [5.41, 5.74) is -0.131. The third-order valence-corrected chi connectivity index (χ3v) is 2.63. The molecule has 0 radical (unpaired) electrons. The third-order valence-electron chi connectivity index (χ3n) is 2.63. The topological polar surface area (TPSA) is 55.4 Å². The highest BCUT2D eigenvalue weighted by atomic mass is 19.1. The van der Waals surface area contributed by atoms with Crippen LogP contribution in [0.3, 0.4) is 0 Å². The number of aldehydes is 1. The minimum Gasteiger partial charge on any atom is -0.478 e. The molecule has 0 saturated heterocycles. The van der Waals surface area contributed by atoms with Gasteiger partial charge in [-0.1, -0.05) is 13.3 Å². The van der Waals surface area contributed by atoms with Crippen LogP contribution < -0.4 is 10.1 Å². The van der Waals surface area contributed by atoms with Crippen LogP contribution in [0.4, 0.5) is 8.78 Å². The molecule has 1 amide bonds. The monoisotopic (exact) mass is 285 g/mol. The molecule has 0 aromatic heterocycles. The Balaban J connectivity index is 2.62. The predicted molar refractivity (Wildman–Crippen MR) is 69.8 cm³/mol. The zero-order valence-corrected chi connectivity index (χ0v) is 11.4. The Bertz CT molecular complexity index is 468. The number of hydrogen-bond donors (Lipinski definition) is 1. The second-order valence-electron chi connectivity index (χ2n) is 4.48. The van der Waals surface area contributed by atoms with Gasteiger partial charge < -0.3 is 10.1 Å². The Morgan fingerprint density at radius 1 is 1.40 bits per heavy atom. The summed E-state index contributed by atoms with van der Waals surface area (Å²) in [6.07, 6.45) is 2.05. The number of benzene rings is 1. The van der Waals surface area contributed by atoms with Crippen molar-refractivity contribution >= 4 is 12.2 Å². The molecule has 1 aromatic rings. The van der Waals surface area contributed by atoms with Gasteiger partial charge in [-0.2, -0.15) is 0 Å². The third kappa shape index (κ3) is 4.60. The predicted octanol–water partition coefficient (Wildman–Crippen LogP) is 2.46. The summed E-state index contributed by atoms with van der Waals surface area (Å²) in [4.78, 5) is 21.9. The van der Waals surface area contributed by atoms with E-state index in [4.69, 9.17) is 4.74 Å². The van der Waals surface area contributed by atoms with Gasteiger partial charge in [0.1, 0.15) is 6.29 Å². The summed E-state index contributed by atoms with van der Waals surface area (Å²) >= 11 is 0. The van der Waals surface area contributed by atoms with Gasteiger partial charge in [-0.15, -0.1) is 0 Å². The highest BCUT2D eigenvalue weighted by Gasteiger charge is 2.15. The molecule has 1 atom stereocenters. The van der Waals surface area contributed by atoms with Crippen LogP contribution in [-0.4, -0.2) is 24.8 Å². The van der Waals surface area contributed by atoms with E-state index in [2.05, 4.69) is 5.32 Å². The minimum atomic E-state index is -1.01. The highest BCUT2D eigenvalue weighted by molar-refractivity contribution is 5.78. The lowest BCUT2D eigenvalue weighted by Gasteiger charge is -2.13. The number of carbonyl (C=O) groups is 2. The zero-order valence-electron chi connectivity index (χ0n) is 11.4. The molecule has 0 aliphatic rings. The molecule has 1 rings (SSSR count). The second kappa shape index (κ2) is 7.57. The Labute approximate surface area is 116 Å². The van der Waals surface area contributed by atoms with Gasteiger partial charge in [0.25, 0.3) is 5.91 Å². The summed E-state index contributed by atoms with van der Waals surface area (Å²) in [7, 11) is 0. The van der Waals surface area contributed by atoms with Crippen molar-refractivity contribution in [2.24, 2.45) is 0 Å². The zero-order chi connectivity index (χ0) is 15.1. The minimum absolute atomic E-state index is 0.0248. The van der Waals surface area contributed by atoms with E-state index in [9.17, 15) is 18.4 Å². The molecule has 1 aromatic carbocycles. The van der Waals surface area contributed by atoms with E-state index in [1.807, 2.05) is 13.8 Å². The molecule has 0 bridgehead atoms. The van der Waals surface area contributed by atoms with Crippen molar-refractivity contribution in [2.45, 2.75) is 32.7 Å². The number of carbonyl (C=O) groups excluding carboxylic acids is 2. The Hall–Kier alpha value is -1.98. The second-order valence-corrected chi connectivity index (χ2v) is 4.48. The fourth-order valence-electron chi connectivity index (χ4n) is 1.74. The van der Waals surface area contributed by atoms with E-state index >= 15 is 0 Å². The maximum absolute atomic E-state index is 13.5. The molecule has 0 fully saturated rings. The summed E-state index contributed by atoms with van der Waals surface area (Å²) in [6.45, 7) is 3.34. The summed E-state index contributed by atoms with van der Waals surface area (Å²) in [5, 5.41) is 2.65. The van der Waals surface area contributed by atoms with Gasteiger partial charge in [0, 0.05) is 11.6 Å². The van der Waals surface area contributed by atoms with Gasteiger partial charge in [-0.05, 0) is 25.5 Å². The first kappa shape index (κ1) is 16.1. The van der Waals surface area contributed by atoms with E-state index in [1.165, 1.54) is 0 Å². The first-order chi connectivity index (χ1) is 9.47. The maximum atomic E-state index is 13.5. The number of amides is 1. The van der Waals surface area contributed by atoms with Crippen molar-refractivity contribution in [1.82, 2.24) is 5.32 Å². The lowest BCUT2D eigenvalue weighted by molar-refractivity contribution is -0.123. The average Bonchev–Trinajstić information content (AvgIpc) is 2.37. The Morgan fingerprint density at radius 3 is 2.50 bits per heavy atom. The number of rotatable bonds is 7. The lowest BCUT2D eigenvalue weighted by atomic mass is 10.2. The van der Waals surface area contributed by atoms with Crippen LogP contribution >= 0.6 is 0 Å². The Morgan fingerprint density at radius 2 is 2.00 bits per heavy atom. The first-order valence-corrected chi connectivity index (χ1v) is 6.34. The van der Waals surface area contributed by atoms with Crippen LogP contribution in [0.15, 0.2) is 12.1 Å². The van der Waals surface area contributed by atoms with Gasteiger partial charge in [-0.25, -0.2) is 8.78 Å². The van der Waals surface area contributed by atoms with Crippen LogP contribution in [0.2, 0.25) is 0 Å². The van der Waals surface area contributed by atoms with Crippen LogP contribution in [0.25, 0.3) is 0 Å². The largest absolute Gasteiger partial charge is 0.478 e. The van der Waals surface area contributed by atoms with Crippen molar-refractivity contribution in [3.63, 3.8) is 0 Å². The van der Waals surface area contributed by atoms with E-state index < -0.39 is 29.9 Å². The lowest BCUT2D eigenvalue weighted by Crippen LogP contribution is -2.36. The number of ether oxygens (including phenoxy) is 1. The Kier molecular flexibility index (Phi) is 6.09. The molecule has 20 heavy (non-hydrogen) atoms. The molecule has 0 saturated carbocycles. The quantitative estimate of drug-likeness (QED) is 0.783. The van der Waals surface area contributed by atoms with Crippen LogP contribution in [0.5, 0.6) is 5.75 Å². The smallest absolute Gasteiger partial charge is 0.258 e. The van der Waals surface area contributed by atoms with Crippen molar-refractivity contribution < 1.29 is 23.1 Å². The van der Waals surface area contributed by atoms with Gasteiger partial charge >= 0.3 is 0 Å². The SMILES string of the molecule is CCCC(C)NC(=O)COc1c(F)cc(C=O)cc1F. The molecule has 1 unspecified atom stereocenters. The van der Waals surface area contributed by atoms with Crippen molar-refractivity contribution in [2.75, 3.05) is 6.61 Å². The van der Waals surface area contributed by atoms with Gasteiger partial charge in [0.2, 0.25) is 0 Å². The highest BCUT2D eigenvalue weighted by Crippen LogP contribution is 2.22. The van der Waals surface area contributed by atoms with Crippen LogP contribution in [0, 0.1) is 11.6 Å².